The fourth-order valence-corrected chi connectivity index (χ4v) is 3.37. The fraction of sp³-hybridized carbons (Fsp3) is 0.462. The largest absolute Gasteiger partial charge is 0.383 e. The first kappa shape index (κ1) is 14.8. The number of benzene rings is 1. The molecular weight excluding hydrogens is 328 g/mol. The van der Waals surface area contributed by atoms with Gasteiger partial charge in [0, 0.05) is 42.2 Å². The lowest BCUT2D eigenvalue weighted by molar-refractivity contribution is -0.116. The summed E-state index contributed by atoms with van der Waals surface area (Å²) in [4.78, 5) is 14.5. The van der Waals surface area contributed by atoms with E-state index in [0.29, 0.717) is 6.61 Å². The molecule has 1 aliphatic rings. The molecule has 2 rings (SSSR count). The quantitative estimate of drug-likeness (QED) is 0.658. The Hall–Kier alpha value is -0.560. The number of ether oxygens (including phenoxy) is 1. The summed E-state index contributed by atoms with van der Waals surface area (Å²) in [5, 5.41) is 0. The maximum absolute atomic E-state index is 11.6. The Bertz CT molecular complexity index is 482. The van der Waals surface area contributed by atoms with E-state index in [1.165, 1.54) is 5.56 Å². The first-order valence-electron chi connectivity index (χ1n) is 6.12. The third kappa shape index (κ3) is 3.51. The number of halogens is 1. The second kappa shape index (κ2) is 6.74. The Morgan fingerprint density at radius 2 is 2.37 bits per heavy atom. The number of carbonyl (C=O) groups excluding carboxylic acids is 1. The highest BCUT2D eigenvalue weighted by molar-refractivity contribution is 9.10. The Kier molecular flexibility index (Phi) is 5.27. The van der Waals surface area contributed by atoms with E-state index in [2.05, 4.69) is 32.8 Å². The van der Waals surface area contributed by atoms with Crippen molar-refractivity contribution in [3.63, 3.8) is 0 Å². The standard InChI is InChI=1S/C13H17BrN2O2S/c1-9(17)16-5-3-10-7-11(14)13(8-12(10)16)19-15-4-6-18-2/h7-8,15H,3-6H2,1-2H3. The Morgan fingerprint density at radius 3 is 3.05 bits per heavy atom. The lowest BCUT2D eigenvalue weighted by atomic mass is 10.2. The van der Waals surface area contributed by atoms with Gasteiger partial charge in [-0.2, -0.15) is 0 Å². The van der Waals surface area contributed by atoms with Crippen LogP contribution in [0.5, 0.6) is 0 Å². The van der Waals surface area contributed by atoms with Crippen LogP contribution in [0.1, 0.15) is 12.5 Å². The number of amides is 1. The van der Waals surface area contributed by atoms with Gasteiger partial charge in [0.05, 0.1) is 6.61 Å². The van der Waals surface area contributed by atoms with Crippen LogP contribution < -0.4 is 9.62 Å². The van der Waals surface area contributed by atoms with E-state index in [1.54, 1.807) is 26.0 Å². The molecular formula is C13H17BrN2O2S. The Morgan fingerprint density at radius 1 is 1.58 bits per heavy atom. The summed E-state index contributed by atoms with van der Waals surface area (Å²) in [6.07, 6.45) is 0.926. The summed E-state index contributed by atoms with van der Waals surface area (Å²) >= 11 is 5.13. The molecule has 0 spiro atoms. The molecule has 0 aliphatic carbocycles. The summed E-state index contributed by atoms with van der Waals surface area (Å²) < 4.78 is 9.29. The Labute approximate surface area is 126 Å². The predicted molar refractivity (Wildman–Crippen MR) is 81.6 cm³/mol. The highest BCUT2D eigenvalue weighted by Crippen LogP contribution is 2.36. The van der Waals surface area contributed by atoms with Crippen molar-refractivity contribution in [3.05, 3.63) is 22.2 Å². The van der Waals surface area contributed by atoms with Crippen LogP contribution in [0.25, 0.3) is 0 Å². The first-order chi connectivity index (χ1) is 9.13. The number of hydrogen-bond acceptors (Lipinski definition) is 4. The van der Waals surface area contributed by atoms with Crippen molar-refractivity contribution >= 4 is 39.5 Å². The SMILES string of the molecule is COCCNSc1cc2c(cc1Br)CCN2C(C)=O. The van der Waals surface area contributed by atoms with Crippen molar-refractivity contribution < 1.29 is 9.53 Å². The molecule has 0 radical (unpaired) electrons. The van der Waals surface area contributed by atoms with Crippen molar-refractivity contribution in [2.45, 2.75) is 18.2 Å². The van der Waals surface area contributed by atoms with Crippen LogP contribution in [0, 0.1) is 0 Å². The normalized spacial score (nSPS) is 13.7. The molecule has 0 saturated heterocycles. The zero-order valence-corrected chi connectivity index (χ0v) is 13.4. The van der Waals surface area contributed by atoms with Gasteiger partial charge in [0.25, 0.3) is 0 Å². The molecule has 1 amide bonds. The van der Waals surface area contributed by atoms with E-state index in [9.17, 15) is 4.79 Å². The summed E-state index contributed by atoms with van der Waals surface area (Å²) in [6, 6.07) is 4.18. The molecule has 0 fully saturated rings. The Balaban J connectivity index is 2.13. The number of hydrogen-bond donors (Lipinski definition) is 1. The van der Waals surface area contributed by atoms with Crippen LogP contribution in [0.2, 0.25) is 0 Å². The maximum atomic E-state index is 11.6. The smallest absolute Gasteiger partial charge is 0.223 e. The molecule has 0 saturated carbocycles. The summed E-state index contributed by atoms with van der Waals surface area (Å²) in [5.41, 5.74) is 2.26. The van der Waals surface area contributed by atoms with Gasteiger partial charge in [-0.1, -0.05) is 0 Å². The molecule has 0 unspecified atom stereocenters. The average Bonchev–Trinajstić information content (AvgIpc) is 2.77. The maximum Gasteiger partial charge on any atom is 0.223 e. The molecule has 1 heterocycles. The van der Waals surface area contributed by atoms with Gasteiger partial charge < -0.3 is 9.64 Å². The number of nitrogens with one attached hydrogen (secondary N) is 1. The average molecular weight is 345 g/mol. The minimum atomic E-state index is 0.101. The molecule has 1 aliphatic heterocycles. The molecule has 0 bridgehead atoms. The van der Waals surface area contributed by atoms with Crippen LogP contribution >= 0.6 is 27.9 Å². The summed E-state index contributed by atoms with van der Waals surface area (Å²) in [6.45, 7) is 3.85. The third-order valence-electron chi connectivity index (χ3n) is 3.00. The van der Waals surface area contributed by atoms with Crippen LogP contribution in [0.15, 0.2) is 21.5 Å². The van der Waals surface area contributed by atoms with Gasteiger partial charge in [0.1, 0.15) is 0 Å². The van der Waals surface area contributed by atoms with Gasteiger partial charge in [-0.05, 0) is 52.0 Å². The molecule has 0 atom stereocenters. The van der Waals surface area contributed by atoms with Crippen molar-refractivity contribution in [1.29, 1.82) is 0 Å². The highest BCUT2D eigenvalue weighted by Gasteiger charge is 2.23. The highest BCUT2D eigenvalue weighted by atomic mass is 79.9. The van der Waals surface area contributed by atoms with Crippen LogP contribution in [0.4, 0.5) is 5.69 Å². The number of carbonyl (C=O) groups is 1. The monoisotopic (exact) mass is 344 g/mol. The number of anilines is 1. The molecule has 1 N–H and O–H groups in total. The zero-order chi connectivity index (χ0) is 13.8. The number of nitrogens with zero attached hydrogens (tertiary/aromatic N) is 1. The fourth-order valence-electron chi connectivity index (χ4n) is 2.07. The van der Waals surface area contributed by atoms with Gasteiger partial charge in [0.2, 0.25) is 5.91 Å². The molecule has 19 heavy (non-hydrogen) atoms. The van der Waals surface area contributed by atoms with Crippen LogP contribution in [-0.2, 0) is 16.0 Å². The zero-order valence-electron chi connectivity index (χ0n) is 11.0. The van der Waals surface area contributed by atoms with Crippen molar-refractivity contribution in [1.82, 2.24) is 4.72 Å². The van der Waals surface area contributed by atoms with Crippen molar-refractivity contribution in [2.24, 2.45) is 0 Å². The lowest BCUT2D eigenvalue weighted by Gasteiger charge is -2.16. The molecule has 4 nitrogen and oxygen atoms in total. The topological polar surface area (TPSA) is 41.6 Å². The van der Waals surface area contributed by atoms with Gasteiger partial charge in [-0.3, -0.25) is 9.52 Å². The van der Waals surface area contributed by atoms with E-state index in [1.807, 2.05) is 4.90 Å². The predicted octanol–water partition coefficient (Wildman–Crippen LogP) is 2.60. The number of fused-ring (bicyclic) bond motifs is 1. The van der Waals surface area contributed by atoms with Crippen molar-refractivity contribution in [2.75, 3.05) is 31.7 Å². The number of methoxy groups -OCH3 is 1. The van der Waals surface area contributed by atoms with Gasteiger partial charge >= 0.3 is 0 Å². The second-order valence-electron chi connectivity index (χ2n) is 4.32. The minimum absolute atomic E-state index is 0.101. The summed E-state index contributed by atoms with van der Waals surface area (Å²) in [5.74, 6) is 0.101. The molecule has 0 aromatic heterocycles. The van der Waals surface area contributed by atoms with Crippen LogP contribution in [0.3, 0.4) is 0 Å². The van der Waals surface area contributed by atoms with Gasteiger partial charge in [-0.15, -0.1) is 0 Å². The van der Waals surface area contributed by atoms with E-state index >= 15 is 0 Å². The van der Waals surface area contributed by atoms with E-state index in [0.717, 1.165) is 34.6 Å². The minimum Gasteiger partial charge on any atom is -0.383 e. The van der Waals surface area contributed by atoms with Crippen molar-refractivity contribution in [3.8, 4) is 0 Å². The molecule has 1 aromatic carbocycles. The molecule has 104 valence electrons. The van der Waals surface area contributed by atoms with Crippen LogP contribution in [-0.4, -0.2) is 32.7 Å². The van der Waals surface area contributed by atoms with E-state index in [4.69, 9.17) is 4.74 Å². The van der Waals surface area contributed by atoms with Gasteiger partial charge in [-0.25, -0.2) is 0 Å². The second-order valence-corrected chi connectivity index (χ2v) is 6.11. The summed E-state index contributed by atoms with van der Waals surface area (Å²) in [7, 11) is 1.68. The van der Waals surface area contributed by atoms with E-state index in [-0.39, 0.29) is 5.91 Å². The molecule has 6 heteroatoms. The third-order valence-corrected chi connectivity index (χ3v) is 4.82. The van der Waals surface area contributed by atoms with Gasteiger partial charge in [0.15, 0.2) is 0 Å². The first-order valence-corrected chi connectivity index (χ1v) is 7.73. The molecule has 1 aromatic rings. The number of rotatable bonds is 5. The van der Waals surface area contributed by atoms with E-state index < -0.39 is 0 Å². The lowest BCUT2D eigenvalue weighted by Crippen LogP contribution is -2.25.